The van der Waals surface area contributed by atoms with Gasteiger partial charge in [0, 0.05) is 43.3 Å². The lowest BCUT2D eigenvalue weighted by Gasteiger charge is -2.35. The minimum Gasteiger partial charge on any atom is -0.499 e. The van der Waals surface area contributed by atoms with Gasteiger partial charge in [0.25, 0.3) is 5.91 Å². The van der Waals surface area contributed by atoms with Crippen LogP contribution in [0.3, 0.4) is 0 Å². The van der Waals surface area contributed by atoms with Gasteiger partial charge >= 0.3 is 0 Å². The molecule has 2 unspecified atom stereocenters. The number of hydrogen-bond donors (Lipinski definition) is 1. The molecule has 0 aliphatic carbocycles. The molecule has 0 spiro atoms. The Morgan fingerprint density at radius 1 is 1.06 bits per heavy atom. The first-order chi connectivity index (χ1) is 16.1. The molecule has 2 aromatic rings. The number of nitrogens with zero attached hydrogens (tertiary/aromatic N) is 5. The molecule has 0 radical (unpaired) electrons. The second kappa shape index (κ2) is 8.53. The fourth-order valence-electron chi connectivity index (χ4n) is 4.56. The van der Waals surface area contributed by atoms with Gasteiger partial charge in [-0.3, -0.25) is 9.59 Å². The Labute approximate surface area is 190 Å². The van der Waals surface area contributed by atoms with E-state index in [1.807, 2.05) is 24.3 Å². The van der Waals surface area contributed by atoms with Crippen LogP contribution in [0.4, 0.5) is 5.82 Å². The number of ether oxygens (including phenoxy) is 2. The third kappa shape index (κ3) is 3.57. The van der Waals surface area contributed by atoms with Gasteiger partial charge in [-0.2, -0.15) is 0 Å². The van der Waals surface area contributed by atoms with E-state index in [0.29, 0.717) is 43.4 Å². The van der Waals surface area contributed by atoms with Gasteiger partial charge in [-0.1, -0.05) is 12.1 Å². The lowest BCUT2D eigenvalue weighted by atomic mass is 9.88. The van der Waals surface area contributed by atoms with Gasteiger partial charge in [0.1, 0.15) is 23.9 Å². The average molecular weight is 448 g/mol. The summed E-state index contributed by atoms with van der Waals surface area (Å²) < 4.78 is 10.7. The average Bonchev–Trinajstić information content (AvgIpc) is 3.32. The van der Waals surface area contributed by atoms with Crippen LogP contribution in [0.25, 0.3) is 10.9 Å². The van der Waals surface area contributed by atoms with E-state index in [2.05, 4.69) is 25.2 Å². The first-order valence-corrected chi connectivity index (χ1v) is 10.7. The van der Waals surface area contributed by atoms with E-state index in [0.717, 1.165) is 16.7 Å². The molecule has 0 bridgehead atoms. The minimum absolute atomic E-state index is 0.353. The zero-order valence-electron chi connectivity index (χ0n) is 18.4. The number of anilines is 1. The molecule has 10 nitrogen and oxygen atoms in total. The number of benzene rings is 1. The number of carbonyl (C=O) groups excluding carboxylic acids is 2. The first-order valence-electron chi connectivity index (χ1n) is 10.7. The molecule has 3 aliphatic heterocycles. The van der Waals surface area contributed by atoms with Gasteiger partial charge in [-0.15, -0.1) is 0 Å². The topological polar surface area (TPSA) is 109 Å². The molecule has 1 amide bonds. The van der Waals surface area contributed by atoms with Gasteiger partial charge in [0.2, 0.25) is 11.7 Å². The number of ketones is 1. The number of carbonyl (C=O) groups is 2. The molecule has 1 aromatic heterocycles. The van der Waals surface area contributed by atoms with Crippen molar-refractivity contribution in [3.8, 4) is 0 Å². The van der Waals surface area contributed by atoms with Crippen molar-refractivity contribution < 1.29 is 19.1 Å². The Balaban J connectivity index is 1.28. The minimum atomic E-state index is -0.545. The van der Waals surface area contributed by atoms with Crippen LogP contribution in [0.1, 0.15) is 0 Å². The number of fused-ring (bicyclic) bond motifs is 2. The molecule has 4 heterocycles. The number of rotatable bonds is 4. The molecule has 1 saturated heterocycles. The second-order valence-electron chi connectivity index (χ2n) is 7.95. The summed E-state index contributed by atoms with van der Waals surface area (Å²) in [6.07, 6.45) is 4.66. The molecule has 1 fully saturated rings. The van der Waals surface area contributed by atoms with Gasteiger partial charge in [-0.25, -0.2) is 15.0 Å². The number of aromatic nitrogens is 2. The number of para-hydroxylation sites is 1. The molecule has 5 rings (SSSR count). The predicted octanol–water partition coefficient (Wildman–Crippen LogP) is 0.866. The number of piperazine rings is 1. The van der Waals surface area contributed by atoms with Gasteiger partial charge in [-0.05, 0) is 12.1 Å². The Hall–Kier alpha value is -3.95. The Kier molecular flexibility index (Phi) is 5.41. The summed E-state index contributed by atoms with van der Waals surface area (Å²) >= 11 is 0. The Bertz CT molecular complexity index is 1190. The Morgan fingerprint density at radius 3 is 2.61 bits per heavy atom. The number of hydrogen-bond acceptors (Lipinski definition) is 9. The summed E-state index contributed by atoms with van der Waals surface area (Å²) in [6.45, 7) is 2.01. The number of Topliss-reactive ketones (excluding diaryl/α,β-unsaturated/α-hetero) is 1. The number of amides is 1. The van der Waals surface area contributed by atoms with E-state index in [9.17, 15) is 9.59 Å². The lowest BCUT2D eigenvalue weighted by molar-refractivity contribution is -0.143. The van der Waals surface area contributed by atoms with E-state index in [1.54, 1.807) is 17.4 Å². The normalized spacial score (nSPS) is 22.1. The summed E-state index contributed by atoms with van der Waals surface area (Å²) in [6, 6.07) is 7.46. The molecule has 0 saturated carbocycles. The van der Waals surface area contributed by atoms with Crippen molar-refractivity contribution in [3.63, 3.8) is 0 Å². The summed E-state index contributed by atoms with van der Waals surface area (Å²) in [5, 5.41) is 4.07. The highest BCUT2D eigenvalue weighted by Gasteiger charge is 2.44. The van der Waals surface area contributed by atoms with Crippen molar-refractivity contribution >= 4 is 34.3 Å². The summed E-state index contributed by atoms with van der Waals surface area (Å²) in [7, 11) is 3.04. The Morgan fingerprint density at radius 2 is 1.85 bits per heavy atom. The van der Waals surface area contributed by atoms with E-state index < -0.39 is 17.6 Å². The second-order valence-corrected chi connectivity index (χ2v) is 7.95. The van der Waals surface area contributed by atoms with Crippen molar-refractivity contribution in [2.75, 3.05) is 45.3 Å². The summed E-state index contributed by atoms with van der Waals surface area (Å²) in [5.41, 5.74) is 1.23. The van der Waals surface area contributed by atoms with Crippen LogP contribution < -0.4 is 10.2 Å². The number of aliphatic imine (C=N–C) groups is 1. The molecular weight excluding hydrogens is 424 g/mol. The smallest absolute Gasteiger partial charge is 0.294 e. The largest absolute Gasteiger partial charge is 0.499 e. The maximum Gasteiger partial charge on any atom is 0.294 e. The van der Waals surface area contributed by atoms with E-state index >= 15 is 0 Å². The molecule has 3 aliphatic rings. The van der Waals surface area contributed by atoms with Crippen LogP contribution in [-0.4, -0.2) is 78.9 Å². The fraction of sp³-hybridized carbons (Fsp3) is 0.348. The molecule has 33 heavy (non-hydrogen) atoms. The van der Waals surface area contributed by atoms with Crippen LogP contribution in [0.15, 0.2) is 59.3 Å². The van der Waals surface area contributed by atoms with Crippen molar-refractivity contribution in [3.05, 3.63) is 54.3 Å². The third-order valence-corrected chi connectivity index (χ3v) is 6.27. The maximum absolute atomic E-state index is 13.2. The van der Waals surface area contributed by atoms with Crippen molar-refractivity contribution in [1.82, 2.24) is 20.2 Å². The van der Waals surface area contributed by atoms with Crippen molar-refractivity contribution in [2.45, 2.75) is 6.04 Å². The van der Waals surface area contributed by atoms with Crippen molar-refractivity contribution in [1.29, 1.82) is 0 Å². The molecule has 1 aromatic carbocycles. The van der Waals surface area contributed by atoms with Crippen LogP contribution in [0.5, 0.6) is 0 Å². The first kappa shape index (κ1) is 20.9. The zero-order valence-corrected chi connectivity index (χ0v) is 18.4. The SMILES string of the molecule is COC1=CN=C(OC)C2NC=C(C(=O)C(=O)N3CCN(c4ncnc5ccccc45)CC3)C12. The van der Waals surface area contributed by atoms with Crippen LogP contribution in [-0.2, 0) is 19.1 Å². The monoisotopic (exact) mass is 448 g/mol. The zero-order chi connectivity index (χ0) is 22.9. The van der Waals surface area contributed by atoms with E-state index in [-0.39, 0.29) is 6.04 Å². The highest BCUT2D eigenvalue weighted by Crippen LogP contribution is 2.34. The van der Waals surface area contributed by atoms with Gasteiger partial charge < -0.3 is 24.6 Å². The molecule has 1 N–H and O–H groups in total. The number of nitrogens with one attached hydrogen (secondary N) is 1. The van der Waals surface area contributed by atoms with Gasteiger partial charge in [0.05, 0.1) is 31.9 Å². The maximum atomic E-state index is 13.2. The third-order valence-electron chi connectivity index (χ3n) is 6.27. The number of methoxy groups -OCH3 is 2. The summed E-state index contributed by atoms with van der Waals surface area (Å²) in [4.78, 5) is 43.0. The quantitative estimate of drug-likeness (QED) is 0.687. The van der Waals surface area contributed by atoms with Crippen molar-refractivity contribution in [2.24, 2.45) is 10.9 Å². The highest BCUT2D eigenvalue weighted by atomic mass is 16.5. The predicted molar refractivity (Wildman–Crippen MR) is 121 cm³/mol. The molecule has 2 atom stereocenters. The lowest BCUT2D eigenvalue weighted by Crippen LogP contribution is -2.51. The van der Waals surface area contributed by atoms with Gasteiger partial charge in [0.15, 0.2) is 0 Å². The molecule has 170 valence electrons. The molecule has 10 heteroatoms. The van der Waals surface area contributed by atoms with E-state index in [1.165, 1.54) is 20.4 Å². The van der Waals surface area contributed by atoms with E-state index in [4.69, 9.17) is 9.47 Å². The van der Waals surface area contributed by atoms with Crippen LogP contribution >= 0.6 is 0 Å². The highest BCUT2D eigenvalue weighted by molar-refractivity contribution is 6.43. The van der Waals surface area contributed by atoms with Crippen LogP contribution in [0, 0.1) is 5.92 Å². The molecular formula is C23H24N6O4. The fourth-order valence-corrected chi connectivity index (χ4v) is 4.56. The summed E-state index contributed by atoms with van der Waals surface area (Å²) in [5.74, 6) is 0.279. The van der Waals surface area contributed by atoms with Crippen LogP contribution in [0.2, 0.25) is 0 Å². The standard InChI is InChI=1S/C23H24N6O4/c1-32-17-12-25-22(33-2)19-18(17)15(11-24-19)20(30)23(31)29-9-7-28(8-10-29)21-14-5-3-4-6-16(14)26-13-27-21/h3-6,11-13,18-19,24H,7-10H2,1-2H3.